The normalized spacial score (nSPS) is 16.9. The Morgan fingerprint density at radius 2 is 1.89 bits per heavy atom. The van der Waals surface area contributed by atoms with Gasteiger partial charge in [-0.15, -0.1) is 11.3 Å². The van der Waals surface area contributed by atoms with E-state index < -0.39 is 10.0 Å². The Kier molecular flexibility index (Phi) is 5.78. The highest BCUT2D eigenvalue weighted by atomic mass is 32.2. The van der Waals surface area contributed by atoms with Crippen LogP contribution in [0.3, 0.4) is 0 Å². The van der Waals surface area contributed by atoms with Gasteiger partial charge in [0.15, 0.2) is 0 Å². The van der Waals surface area contributed by atoms with Crippen molar-refractivity contribution in [3.05, 3.63) is 52.5 Å². The van der Waals surface area contributed by atoms with Crippen LogP contribution in [0.4, 0.5) is 0 Å². The number of aromatic nitrogens is 1. The van der Waals surface area contributed by atoms with E-state index in [0.717, 1.165) is 36.3 Å². The first kappa shape index (κ1) is 19.7. The first-order valence-corrected chi connectivity index (χ1v) is 11.1. The summed E-state index contributed by atoms with van der Waals surface area (Å²) in [5, 5.41) is 6.02. The molecule has 0 aliphatic heterocycles. The van der Waals surface area contributed by atoms with E-state index in [9.17, 15) is 13.2 Å². The summed E-state index contributed by atoms with van der Waals surface area (Å²) in [5.41, 5.74) is 0.400. The van der Waals surface area contributed by atoms with Crippen LogP contribution in [0.5, 0.6) is 0 Å². The fourth-order valence-electron chi connectivity index (χ4n) is 3.24. The van der Waals surface area contributed by atoms with Crippen molar-refractivity contribution in [2.75, 3.05) is 14.1 Å². The van der Waals surface area contributed by atoms with Crippen molar-refractivity contribution in [3.8, 4) is 0 Å². The zero-order valence-corrected chi connectivity index (χ0v) is 17.0. The topological polar surface area (TPSA) is 79.4 Å². The van der Waals surface area contributed by atoms with Crippen molar-refractivity contribution < 1.29 is 13.2 Å². The average molecular weight is 406 g/mol. The van der Waals surface area contributed by atoms with Gasteiger partial charge in [-0.05, 0) is 36.6 Å². The predicted molar refractivity (Wildman–Crippen MR) is 107 cm³/mol. The van der Waals surface area contributed by atoms with Gasteiger partial charge in [-0.3, -0.25) is 4.79 Å². The molecule has 144 valence electrons. The molecule has 0 saturated heterocycles. The average Bonchev–Trinajstić information content (AvgIpc) is 3.32. The second-order valence-electron chi connectivity index (χ2n) is 6.81. The van der Waals surface area contributed by atoms with Crippen LogP contribution in [0.2, 0.25) is 0 Å². The third-order valence-electron chi connectivity index (χ3n) is 4.75. The molecule has 0 unspecified atom stereocenters. The highest BCUT2D eigenvalue weighted by molar-refractivity contribution is 7.89. The van der Waals surface area contributed by atoms with Crippen LogP contribution in [0, 0.1) is 0 Å². The maximum Gasteiger partial charge on any atom is 0.244 e. The summed E-state index contributed by atoms with van der Waals surface area (Å²) in [6.07, 6.45) is 8.89. The van der Waals surface area contributed by atoms with E-state index in [1.807, 2.05) is 5.38 Å². The molecule has 0 bridgehead atoms. The minimum absolute atomic E-state index is 0.169. The van der Waals surface area contributed by atoms with Gasteiger partial charge < -0.3 is 5.32 Å². The van der Waals surface area contributed by atoms with Crippen LogP contribution >= 0.6 is 11.3 Å². The molecule has 0 atom stereocenters. The summed E-state index contributed by atoms with van der Waals surface area (Å²) >= 11 is 1.57. The monoisotopic (exact) mass is 405 g/mol. The summed E-state index contributed by atoms with van der Waals surface area (Å²) in [7, 11) is -0.460. The number of nitrogens with one attached hydrogen (secondary N) is 1. The number of hydrogen-bond donors (Lipinski definition) is 1. The van der Waals surface area contributed by atoms with E-state index in [1.165, 1.54) is 24.5 Å². The second kappa shape index (κ2) is 7.92. The van der Waals surface area contributed by atoms with Crippen LogP contribution in [-0.2, 0) is 20.4 Å². The lowest BCUT2D eigenvalue weighted by Gasteiger charge is -2.27. The standard InChI is InChI=1S/C19H23N3O3S2/c1-22(2)27(24,25)16-8-5-15(6-9-16)7-10-17(23)21-19(11-3-4-12-19)18-20-13-14-26-18/h5-10,13-14H,3-4,11-12H2,1-2H3,(H,21,23)/b10-7+. The largest absolute Gasteiger partial charge is 0.341 e. The molecule has 3 rings (SSSR count). The van der Waals surface area contributed by atoms with Crippen molar-refractivity contribution in [1.29, 1.82) is 0 Å². The number of rotatable bonds is 6. The van der Waals surface area contributed by atoms with E-state index in [2.05, 4.69) is 10.3 Å². The van der Waals surface area contributed by atoms with E-state index in [1.54, 1.807) is 47.9 Å². The second-order valence-corrected chi connectivity index (χ2v) is 9.85. The summed E-state index contributed by atoms with van der Waals surface area (Å²) in [4.78, 5) is 17.1. The summed E-state index contributed by atoms with van der Waals surface area (Å²) in [6, 6.07) is 6.46. The van der Waals surface area contributed by atoms with Gasteiger partial charge in [0.2, 0.25) is 15.9 Å². The maximum absolute atomic E-state index is 12.5. The Hall–Kier alpha value is -2.03. The van der Waals surface area contributed by atoms with Gasteiger partial charge in [-0.2, -0.15) is 0 Å². The Morgan fingerprint density at radius 3 is 2.44 bits per heavy atom. The lowest BCUT2D eigenvalue weighted by atomic mass is 9.98. The molecule has 1 saturated carbocycles. The van der Waals surface area contributed by atoms with Gasteiger partial charge in [0.05, 0.1) is 10.4 Å². The van der Waals surface area contributed by atoms with Gasteiger partial charge in [0.1, 0.15) is 5.01 Å². The molecule has 1 aromatic carbocycles. The third kappa shape index (κ3) is 4.28. The number of carbonyl (C=O) groups is 1. The summed E-state index contributed by atoms with van der Waals surface area (Å²) in [5.74, 6) is -0.169. The van der Waals surface area contributed by atoms with Crippen molar-refractivity contribution in [2.24, 2.45) is 0 Å². The number of thiazole rings is 1. The molecule has 0 radical (unpaired) electrons. The molecule has 1 aromatic heterocycles. The van der Waals surface area contributed by atoms with Crippen molar-refractivity contribution in [1.82, 2.24) is 14.6 Å². The SMILES string of the molecule is CN(C)S(=O)(=O)c1ccc(/C=C/C(=O)NC2(c3nccs3)CCCC2)cc1. The molecule has 1 N–H and O–H groups in total. The maximum atomic E-state index is 12.5. The molecular weight excluding hydrogens is 382 g/mol. The molecule has 8 heteroatoms. The van der Waals surface area contributed by atoms with E-state index >= 15 is 0 Å². The lowest BCUT2D eigenvalue weighted by molar-refractivity contribution is -0.118. The molecule has 27 heavy (non-hydrogen) atoms. The van der Waals surface area contributed by atoms with Crippen LogP contribution in [0.15, 0.2) is 46.8 Å². The molecule has 1 aliphatic rings. The van der Waals surface area contributed by atoms with Crippen molar-refractivity contribution in [3.63, 3.8) is 0 Å². The number of sulfonamides is 1. The zero-order chi connectivity index (χ0) is 19.5. The zero-order valence-electron chi connectivity index (χ0n) is 15.4. The van der Waals surface area contributed by atoms with Crippen LogP contribution in [0.25, 0.3) is 6.08 Å². The number of amides is 1. The molecule has 1 fully saturated rings. The minimum Gasteiger partial charge on any atom is -0.341 e. The smallest absolute Gasteiger partial charge is 0.244 e. The Balaban J connectivity index is 1.70. The minimum atomic E-state index is -3.45. The third-order valence-corrected chi connectivity index (χ3v) is 7.55. The van der Waals surface area contributed by atoms with Crippen LogP contribution in [0.1, 0.15) is 36.3 Å². The number of nitrogens with zero attached hydrogens (tertiary/aromatic N) is 2. The van der Waals surface area contributed by atoms with Crippen molar-refractivity contribution in [2.45, 2.75) is 36.1 Å². The molecule has 1 amide bonds. The van der Waals surface area contributed by atoms with Gasteiger partial charge in [0, 0.05) is 31.7 Å². The van der Waals surface area contributed by atoms with E-state index in [-0.39, 0.29) is 16.3 Å². The van der Waals surface area contributed by atoms with E-state index in [0.29, 0.717) is 0 Å². The highest BCUT2D eigenvalue weighted by Gasteiger charge is 2.38. The highest BCUT2D eigenvalue weighted by Crippen LogP contribution is 2.39. The number of carbonyl (C=O) groups excluding carboxylic acids is 1. The first-order valence-electron chi connectivity index (χ1n) is 8.76. The first-order chi connectivity index (χ1) is 12.8. The van der Waals surface area contributed by atoms with Gasteiger partial charge in [-0.1, -0.05) is 25.0 Å². The molecule has 6 nitrogen and oxygen atoms in total. The quantitative estimate of drug-likeness (QED) is 0.750. The number of hydrogen-bond acceptors (Lipinski definition) is 5. The predicted octanol–water partition coefficient (Wildman–Crippen LogP) is 2.99. The van der Waals surface area contributed by atoms with Gasteiger partial charge in [0.25, 0.3) is 0 Å². The molecule has 1 heterocycles. The fourth-order valence-corrected chi connectivity index (χ4v) is 5.00. The van der Waals surface area contributed by atoms with Gasteiger partial charge >= 0.3 is 0 Å². The molecule has 0 spiro atoms. The Morgan fingerprint density at radius 1 is 1.22 bits per heavy atom. The molecule has 2 aromatic rings. The van der Waals surface area contributed by atoms with Crippen LogP contribution in [-0.4, -0.2) is 37.7 Å². The van der Waals surface area contributed by atoms with Gasteiger partial charge in [-0.25, -0.2) is 17.7 Å². The fraction of sp³-hybridized carbons (Fsp3) is 0.368. The van der Waals surface area contributed by atoms with Crippen molar-refractivity contribution >= 4 is 33.3 Å². The summed E-state index contributed by atoms with van der Waals surface area (Å²) < 4.78 is 25.4. The molecular formula is C19H23N3O3S2. The Bertz CT molecular complexity index is 912. The lowest BCUT2D eigenvalue weighted by Crippen LogP contribution is -2.43. The number of benzene rings is 1. The van der Waals surface area contributed by atoms with Crippen LogP contribution < -0.4 is 5.32 Å². The molecule has 1 aliphatic carbocycles. The van der Waals surface area contributed by atoms with E-state index in [4.69, 9.17) is 0 Å². The Labute approximate surface area is 164 Å². The summed E-state index contributed by atoms with van der Waals surface area (Å²) in [6.45, 7) is 0.